The van der Waals surface area contributed by atoms with Gasteiger partial charge in [-0.3, -0.25) is 9.89 Å². The zero-order valence-corrected chi connectivity index (χ0v) is 20.0. The monoisotopic (exact) mass is 493 g/mol. The highest BCUT2D eigenvalue weighted by atomic mass is 35.5. The molecule has 8 heteroatoms. The molecule has 1 amide bonds. The number of carbonyl (C=O) groups is 1. The van der Waals surface area contributed by atoms with Crippen LogP contribution in [0.25, 0.3) is 11.3 Å². The number of benzene rings is 3. The zero-order chi connectivity index (χ0) is 25.0. The number of para-hydroxylation sites is 1. The Kier molecular flexibility index (Phi) is 4.88. The number of nitrogens with one attached hydrogen (secondary N) is 1. The zero-order valence-electron chi connectivity index (χ0n) is 19.2. The van der Waals surface area contributed by atoms with Crippen LogP contribution in [0.2, 0.25) is 5.02 Å². The number of hydrogen-bond acceptors (Lipinski definition) is 5. The average molecular weight is 494 g/mol. The summed E-state index contributed by atoms with van der Waals surface area (Å²) < 4.78 is 5.79. The first kappa shape index (κ1) is 22.0. The molecule has 2 aliphatic rings. The number of anilines is 1. The van der Waals surface area contributed by atoms with Crippen LogP contribution in [0.15, 0.2) is 84.3 Å². The summed E-state index contributed by atoms with van der Waals surface area (Å²) in [5, 5.41) is 18.3. The summed E-state index contributed by atoms with van der Waals surface area (Å²) in [6.45, 7) is 2.29. The first-order valence-electron chi connectivity index (χ1n) is 11.3. The number of ether oxygens (including phenoxy) is 1. The predicted octanol–water partition coefficient (Wildman–Crippen LogP) is 4.96. The number of fused-ring (bicyclic) bond motifs is 4. The van der Waals surface area contributed by atoms with Crippen LogP contribution in [0.5, 0.6) is 5.88 Å². The van der Waals surface area contributed by atoms with E-state index in [1.165, 1.54) is 0 Å². The Morgan fingerprint density at radius 1 is 1.11 bits per heavy atom. The second-order valence-corrected chi connectivity index (χ2v) is 9.32. The van der Waals surface area contributed by atoms with Crippen molar-refractivity contribution in [2.24, 2.45) is 5.73 Å². The lowest BCUT2D eigenvalue weighted by atomic mass is 9.68. The molecule has 0 aliphatic carbocycles. The summed E-state index contributed by atoms with van der Waals surface area (Å²) in [5.41, 5.74) is 10.0. The van der Waals surface area contributed by atoms with Gasteiger partial charge in [0.1, 0.15) is 17.1 Å². The third-order valence-electron chi connectivity index (χ3n) is 6.81. The molecule has 0 saturated heterocycles. The van der Waals surface area contributed by atoms with E-state index in [0.717, 1.165) is 16.7 Å². The molecular formula is C28H20ClN5O2. The van der Waals surface area contributed by atoms with Crippen molar-refractivity contribution < 1.29 is 9.53 Å². The standard InChI is InChI=1S/C28H20ClN5O2/c1-16-6-10-18(11-7-16)24-23-26(33-32-24)36-25(31)21(14-30)28(23)20-4-2-3-5-22(20)34(27(28)35)15-17-8-12-19(29)13-9-17/h2-13H,15,31H2,1H3,(H,32,33). The van der Waals surface area contributed by atoms with Gasteiger partial charge in [-0.05, 0) is 30.7 Å². The predicted molar refractivity (Wildman–Crippen MR) is 136 cm³/mol. The quantitative estimate of drug-likeness (QED) is 0.419. The van der Waals surface area contributed by atoms with Gasteiger partial charge in [0.05, 0.1) is 17.8 Å². The van der Waals surface area contributed by atoms with Crippen molar-refractivity contribution in [3.8, 4) is 23.2 Å². The summed E-state index contributed by atoms with van der Waals surface area (Å²) in [5.74, 6) is -0.250. The van der Waals surface area contributed by atoms with Crippen LogP contribution in [0.3, 0.4) is 0 Å². The third kappa shape index (κ3) is 2.98. The van der Waals surface area contributed by atoms with E-state index in [2.05, 4.69) is 16.3 Å². The van der Waals surface area contributed by atoms with Gasteiger partial charge in [0.25, 0.3) is 0 Å². The molecule has 1 aromatic heterocycles. The van der Waals surface area contributed by atoms with E-state index in [1.54, 1.807) is 17.0 Å². The van der Waals surface area contributed by atoms with Gasteiger partial charge in [-0.15, -0.1) is 5.10 Å². The fourth-order valence-corrected chi connectivity index (χ4v) is 5.27. The van der Waals surface area contributed by atoms with E-state index in [0.29, 0.717) is 34.1 Å². The number of carbonyl (C=O) groups excluding carboxylic acids is 1. The van der Waals surface area contributed by atoms with Crippen molar-refractivity contribution in [2.45, 2.75) is 18.9 Å². The Morgan fingerprint density at radius 2 is 1.83 bits per heavy atom. The number of nitriles is 1. The summed E-state index contributed by atoms with van der Waals surface area (Å²) in [4.78, 5) is 16.3. The van der Waals surface area contributed by atoms with E-state index in [-0.39, 0.29) is 23.2 Å². The fourth-order valence-electron chi connectivity index (χ4n) is 5.15. The van der Waals surface area contributed by atoms with Gasteiger partial charge in [-0.25, -0.2) is 0 Å². The molecule has 0 radical (unpaired) electrons. The number of aromatic amines is 1. The first-order chi connectivity index (χ1) is 17.4. The molecular weight excluding hydrogens is 474 g/mol. The highest BCUT2D eigenvalue weighted by Gasteiger charge is 2.61. The highest BCUT2D eigenvalue weighted by Crippen LogP contribution is 2.57. The minimum absolute atomic E-state index is 0.0424. The third-order valence-corrected chi connectivity index (χ3v) is 7.06. The van der Waals surface area contributed by atoms with Crippen molar-refractivity contribution >= 4 is 23.2 Å². The molecule has 0 bridgehead atoms. The Hall–Kier alpha value is -4.54. The number of aromatic nitrogens is 2. The molecule has 1 atom stereocenters. The number of hydrogen-bond donors (Lipinski definition) is 2. The second-order valence-electron chi connectivity index (χ2n) is 8.88. The largest absolute Gasteiger partial charge is 0.420 e. The Bertz CT molecular complexity index is 1600. The Morgan fingerprint density at radius 3 is 2.56 bits per heavy atom. The average Bonchev–Trinajstić information content (AvgIpc) is 3.40. The minimum atomic E-state index is -1.51. The van der Waals surface area contributed by atoms with E-state index >= 15 is 0 Å². The summed E-state index contributed by atoms with van der Waals surface area (Å²) in [6.07, 6.45) is 0. The van der Waals surface area contributed by atoms with Crippen molar-refractivity contribution in [1.29, 1.82) is 5.26 Å². The van der Waals surface area contributed by atoms with E-state index in [4.69, 9.17) is 22.1 Å². The molecule has 3 aromatic carbocycles. The van der Waals surface area contributed by atoms with Crippen molar-refractivity contribution in [1.82, 2.24) is 10.2 Å². The minimum Gasteiger partial charge on any atom is -0.420 e. The van der Waals surface area contributed by atoms with Crippen LogP contribution in [0.1, 0.15) is 22.3 Å². The van der Waals surface area contributed by atoms with Crippen LogP contribution in [0.4, 0.5) is 5.69 Å². The molecule has 36 heavy (non-hydrogen) atoms. The van der Waals surface area contributed by atoms with Crippen LogP contribution < -0.4 is 15.4 Å². The number of rotatable bonds is 3. The molecule has 6 rings (SSSR count). The lowest BCUT2D eigenvalue weighted by Gasteiger charge is -2.33. The molecule has 176 valence electrons. The summed E-state index contributed by atoms with van der Waals surface area (Å²) in [6, 6.07) is 24.8. The van der Waals surface area contributed by atoms with Crippen LogP contribution in [-0.2, 0) is 16.8 Å². The van der Waals surface area contributed by atoms with Gasteiger partial charge in [0, 0.05) is 21.8 Å². The number of amides is 1. The summed E-state index contributed by atoms with van der Waals surface area (Å²) >= 11 is 6.08. The van der Waals surface area contributed by atoms with Gasteiger partial charge < -0.3 is 15.4 Å². The van der Waals surface area contributed by atoms with Gasteiger partial charge >= 0.3 is 0 Å². The SMILES string of the molecule is Cc1ccc(-c2[nH]nc3c2C2(C(=O)N(Cc4ccc(Cl)cc4)c4ccccc42)C(C#N)=C(N)O3)cc1. The normalized spacial score (nSPS) is 18.1. The lowest BCUT2D eigenvalue weighted by molar-refractivity contribution is -0.121. The molecule has 0 saturated carbocycles. The topological polar surface area (TPSA) is 108 Å². The van der Waals surface area contributed by atoms with Gasteiger partial charge in [-0.2, -0.15) is 5.26 Å². The second kappa shape index (κ2) is 8.01. The van der Waals surface area contributed by atoms with Gasteiger partial charge in [-0.1, -0.05) is 71.8 Å². The maximum atomic E-state index is 14.6. The Balaban J connectivity index is 1.62. The molecule has 3 N–H and O–H groups in total. The van der Waals surface area contributed by atoms with Crippen molar-refractivity contribution in [3.63, 3.8) is 0 Å². The summed E-state index contributed by atoms with van der Waals surface area (Å²) in [7, 11) is 0. The number of nitrogens with zero attached hydrogens (tertiary/aromatic N) is 3. The number of aryl methyl sites for hydroxylation is 1. The maximum Gasteiger partial charge on any atom is 0.248 e. The smallest absolute Gasteiger partial charge is 0.248 e. The number of nitrogens with two attached hydrogens (primary N) is 1. The number of halogens is 1. The molecule has 1 spiro atoms. The Labute approximate surface area is 212 Å². The molecule has 1 unspecified atom stereocenters. The fraction of sp³-hybridized carbons (Fsp3) is 0.107. The first-order valence-corrected chi connectivity index (χ1v) is 11.7. The van der Waals surface area contributed by atoms with Gasteiger partial charge in [0.15, 0.2) is 0 Å². The van der Waals surface area contributed by atoms with E-state index < -0.39 is 5.41 Å². The molecule has 7 nitrogen and oxygen atoms in total. The van der Waals surface area contributed by atoms with Crippen molar-refractivity contribution in [2.75, 3.05) is 4.90 Å². The van der Waals surface area contributed by atoms with E-state index in [9.17, 15) is 10.1 Å². The molecule has 4 aromatic rings. The lowest BCUT2D eigenvalue weighted by Crippen LogP contribution is -2.45. The molecule has 2 aliphatic heterocycles. The van der Waals surface area contributed by atoms with Crippen LogP contribution >= 0.6 is 11.6 Å². The maximum absolute atomic E-state index is 14.6. The van der Waals surface area contributed by atoms with E-state index in [1.807, 2.05) is 67.6 Å². The van der Waals surface area contributed by atoms with Gasteiger partial charge in [0.2, 0.25) is 17.7 Å². The van der Waals surface area contributed by atoms with Crippen LogP contribution in [-0.4, -0.2) is 16.1 Å². The van der Waals surface area contributed by atoms with Crippen LogP contribution in [0, 0.1) is 18.3 Å². The molecule has 0 fully saturated rings. The number of H-pyrrole nitrogens is 1. The van der Waals surface area contributed by atoms with Crippen molar-refractivity contribution in [3.05, 3.63) is 112 Å². The molecule has 3 heterocycles. The highest BCUT2D eigenvalue weighted by molar-refractivity contribution is 6.30.